The fraction of sp³-hybridized carbons (Fsp3) is 0.714. The van der Waals surface area contributed by atoms with Gasteiger partial charge in [0.15, 0.2) is 0 Å². The van der Waals surface area contributed by atoms with E-state index in [1.807, 2.05) is 18.2 Å². The number of phenols is 1. The van der Waals surface area contributed by atoms with Crippen LogP contribution in [0.3, 0.4) is 0 Å². The predicted molar refractivity (Wildman–Crippen MR) is 114 cm³/mol. The van der Waals surface area contributed by atoms with Crippen LogP contribution in [0.2, 0.25) is 0 Å². The van der Waals surface area contributed by atoms with Crippen molar-refractivity contribution in [2.45, 2.75) is 89.9 Å². The number of unbranched alkanes of at least 4 members (excludes halogenated alkanes) is 12. The summed E-state index contributed by atoms with van der Waals surface area (Å²) >= 11 is 2.48. The molecular formula is C21H37O3PSe. The molecule has 1 rings (SSSR count). The molecule has 1 aromatic rings. The second-order valence-electron chi connectivity index (χ2n) is 7.36. The molecule has 0 saturated carbocycles. The van der Waals surface area contributed by atoms with Crippen molar-refractivity contribution in [1.29, 1.82) is 0 Å². The summed E-state index contributed by atoms with van der Waals surface area (Å²) in [6, 6.07) is 7.66. The van der Waals surface area contributed by atoms with Crippen LogP contribution in [0.4, 0.5) is 0 Å². The average Bonchev–Trinajstić information content (AvgIpc) is 2.59. The number of aromatic hydroxyl groups is 1. The molecule has 0 aromatic heterocycles. The van der Waals surface area contributed by atoms with E-state index in [-0.39, 0.29) is 0 Å². The second-order valence-corrected chi connectivity index (χ2v) is 12.8. The molecule has 0 spiro atoms. The number of para-hydroxylation sites is 1. The molecule has 1 aromatic carbocycles. The van der Waals surface area contributed by atoms with E-state index in [0.717, 1.165) is 24.8 Å². The Bertz CT molecular complexity index is 516. The number of hydrogen-bond donors (Lipinski definition) is 3. The van der Waals surface area contributed by atoms with Gasteiger partial charge in [0.1, 0.15) is 5.75 Å². The summed E-state index contributed by atoms with van der Waals surface area (Å²) < 4.78 is 0. The third-order valence-electron chi connectivity index (χ3n) is 4.89. The summed E-state index contributed by atoms with van der Waals surface area (Å²) in [5.41, 5.74) is 1.08. The molecule has 0 saturated heterocycles. The molecule has 0 aliphatic rings. The van der Waals surface area contributed by atoms with Crippen molar-refractivity contribution >= 4 is 21.1 Å². The van der Waals surface area contributed by atoms with Crippen molar-refractivity contribution in [2.24, 2.45) is 0 Å². The molecule has 3 N–H and O–H groups in total. The van der Waals surface area contributed by atoms with E-state index in [1.165, 1.54) is 70.6 Å². The van der Waals surface area contributed by atoms with E-state index < -0.39 is 5.96 Å². The number of hydrogen-bond acceptors (Lipinski definition) is 3. The molecule has 5 heteroatoms. The van der Waals surface area contributed by atoms with E-state index in [9.17, 15) is 14.9 Å². The van der Waals surface area contributed by atoms with Crippen molar-refractivity contribution in [1.82, 2.24) is 0 Å². The molecule has 0 aliphatic heterocycles. The first-order chi connectivity index (χ1) is 12.5. The molecule has 0 aliphatic carbocycles. The Morgan fingerprint density at radius 3 is 1.54 bits per heavy atom. The summed E-state index contributed by atoms with van der Waals surface area (Å²) in [4.78, 5) is 18.5. The van der Waals surface area contributed by atoms with Gasteiger partial charge < -0.3 is 5.11 Å². The van der Waals surface area contributed by atoms with Gasteiger partial charge in [-0.2, -0.15) is 0 Å². The average molecular weight is 447 g/mol. The topological polar surface area (TPSA) is 60.7 Å². The van der Waals surface area contributed by atoms with Crippen LogP contribution in [0.5, 0.6) is 5.75 Å². The summed E-state index contributed by atoms with van der Waals surface area (Å²) in [5.74, 6) is -2.22. The SMILES string of the molecule is Oc1ccccc1CCCCCCCCCCCCCCCP(O)(O)=[Se]. The molecule has 0 bridgehead atoms. The van der Waals surface area contributed by atoms with Crippen molar-refractivity contribution in [2.75, 3.05) is 6.16 Å². The maximum absolute atomic E-state index is 9.73. The molecule has 26 heavy (non-hydrogen) atoms. The van der Waals surface area contributed by atoms with Gasteiger partial charge in [-0.15, -0.1) is 0 Å². The molecule has 0 unspecified atom stereocenters. The normalized spacial score (nSPS) is 11.8. The minimum atomic E-state index is -2.65. The van der Waals surface area contributed by atoms with Crippen LogP contribution in [0.25, 0.3) is 0 Å². The second kappa shape index (κ2) is 14.9. The van der Waals surface area contributed by atoms with Gasteiger partial charge in [-0.25, -0.2) is 0 Å². The maximum atomic E-state index is 9.73. The van der Waals surface area contributed by atoms with Crippen LogP contribution in [-0.2, 0) is 6.42 Å². The van der Waals surface area contributed by atoms with Crippen LogP contribution >= 0.6 is 5.96 Å². The number of phenolic OH excluding ortho intramolecular Hbond substituents is 1. The van der Waals surface area contributed by atoms with Crippen LogP contribution in [0.1, 0.15) is 89.0 Å². The van der Waals surface area contributed by atoms with Crippen LogP contribution in [-0.4, -0.2) is 36.2 Å². The monoisotopic (exact) mass is 448 g/mol. The van der Waals surface area contributed by atoms with Crippen LogP contribution in [0, 0.1) is 0 Å². The molecule has 0 radical (unpaired) electrons. The Morgan fingerprint density at radius 1 is 0.654 bits per heavy atom. The zero-order chi connectivity index (χ0) is 19.1. The fourth-order valence-electron chi connectivity index (χ4n) is 3.30. The zero-order valence-corrected chi connectivity index (χ0v) is 18.7. The Labute approximate surface area is 167 Å². The Balaban J connectivity index is 1.78. The first kappa shape index (κ1) is 23.9. The van der Waals surface area contributed by atoms with Gasteiger partial charge >= 0.3 is 101 Å². The Hall–Kier alpha value is -0.111. The van der Waals surface area contributed by atoms with Gasteiger partial charge in [-0.1, -0.05) is 31.0 Å². The molecule has 0 atom stereocenters. The van der Waals surface area contributed by atoms with E-state index in [4.69, 9.17) is 0 Å². The molecule has 3 nitrogen and oxygen atoms in total. The first-order valence-electron chi connectivity index (χ1n) is 10.3. The van der Waals surface area contributed by atoms with Gasteiger partial charge in [-0.05, 0) is 24.5 Å². The third kappa shape index (κ3) is 14.0. The molecule has 0 fully saturated rings. The van der Waals surface area contributed by atoms with Crippen molar-refractivity contribution in [3.05, 3.63) is 29.8 Å². The van der Waals surface area contributed by atoms with Gasteiger partial charge in [0.05, 0.1) is 0 Å². The summed E-state index contributed by atoms with van der Waals surface area (Å²) in [6.07, 6.45) is 17.9. The standard InChI is InChI=1S/C21H37O3PSe/c22-21-18-14-13-17-20(21)16-12-10-8-6-4-2-1-3-5-7-9-11-15-19-25(23,24)26/h13-14,17-18,22H,1-12,15-16,19H2,(H2,23,24,26). The zero-order valence-electron chi connectivity index (χ0n) is 16.1. The van der Waals surface area contributed by atoms with Crippen molar-refractivity contribution in [3.8, 4) is 5.75 Å². The Morgan fingerprint density at radius 2 is 1.08 bits per heavy atom. The third-order valence-corrected chi connectivity index (χ3v) is 6.94. The van der Waals surface area contributed by atoms with E-state index in [1.54, 1.807) is 6.07 Å². The number of aryl methyl sites for hydroxylation is 1. The van der Waals surface area contributed by atoms with E-state index >= 15 is 0 Å². The van der Waals surface area contributed by atoms with Crippen LogP contribution in [0.15, 0.2) is 24.3 Å². The minimum absolute atomic E-state index is 0.438. The fourth-order valence-corrected chi connectivity index (χ4v) is 4.75. The van der Waals surface area contributed by atoms with Crippen LogP contribution < -0.4 is 0 Å². The predicted octanol–water partition coefficient (Wildman–Crippen LogP) is 5.92. The van der Waals surface area contributed by atoms with Gasteiger partial charge in [0.25, 0.3) is 0 Å². The summed E-state index contributed by atoms with van der Waals surface area (Å²) in [5, 5.41) is 9.73. The van der Waals surface area contributed by atoms with E-state index in [0.29, 0.717) is 11.9 Å². The first-order valence-corrected chi connectivity index (χ1v) is 14.4. The van der Waals surface area contributed by atoms with Crippen molar-refractivity contribution < 1.29 is 14.9 Å². The quantitative estimate of drug-likeness (QED) is 0.167. The van der Waals surface area contributed by atoms with Gasteiger partial charge in [0, 0.05) is 0 Å². The summed E-state index contributed by atoms with van der Waals surface area (Å²) in [7, 11) is 0. The molecule has 150 valence electrons. The Kier molecular flexibility index (Phi) is 13.7. The molecule has 0 heterocycles. The molecule has 0 amide bonds. The van der Waals surface area contributed by atoms with Crippen molar-refractivity contribution in [3.63, 3.8) is 0 Å². The number of benzene rings is 1. The number of rotatable bonds is 16. The van der Waals surface area contributed by atoms with E-state index in [2.05, 4.69) is 15.1 Å². The van der Waals surface area contributed by atoms with Gasteiger partial charge in [-0.3, -0.25) is 0 Å². The summed E-state index contributed by atoms with van der Waals surface area (Å²) in [6.45, 7) is 0. The molecular weight excluding hydrogens is 410 g/mol. The van der Waals surface area contributed by atoms with Gasteiger partial charge in [0.2, 0.25) is 0 Å².